The molecular weight excluding hydrogens is 419 g/mol. The second-order valence-corrected chi connectivity index (χ2v) is 8.40. The lowest BCUT2D eigenvalue weighted by Gasteiger charge is -2.12. The van der Waals surface area contributed by atoms with E-state index in [1.807, 2.05) is 37.3 Å². The molecule has 0 fully saturated rings. The maximum Gasteiger partial charge on any atom is 0.255 e. The van der Waals surface area contributed by atoms with E-state index >= 15 is 0 Å². The number of halogens is 1. The van der Waals surface area contributed by atoms with Gasteiger partial charge in [-0.2, -0.15) is 0 Å². The van der Waals surface area contributed by atoms with Crippen molar-refractivity contribution in [1.82, 2.24) is 4.72 Å². The van der Waals surface area contributed by atoms with Crippen LogP contribution in [0.2, 0.25) is 0 Å². The molecule has 0 aliphatic heterocycles. The molecule has 0 heterocycles. The van der Waals surface area contributed by atoms with Gasteiger partial charge in [-0.1, -0.05) is 42.5 Å². The summed E-state index contributed by atoms with van der Waals surface area (Å²) in [5, 5.41) is 2.67. The predicted octanol–water partition coefficient (Wildman–Crippen LogP) is 4.00. The van der Waals surface area contributed by atoms with Crippen LogP contribution in [0.15, 0.2) is 77.7 Å². The summed E-state index contributed by atoms with van der Waals surface area (Å²) in [6.45, 7) is 2.34. The van der Waals surface area contributed by atoms with Gasteiger partial charge >= 0.3 is 0 Å². The van der Waals surface area contributed by atoms with Crippen molar-refractivity contribution < 1.29 is 22.3 Å². The summed E-state index contributed by atoms with van der Waals surface area (Å²) in [7, 11) is -4.14. The first-order chi connectivity index (χ1) is 14.9. The maximum absolute atomic E-state index is 14.3. The van der Waals surface area contributed by atoms with Gasteiger partial charge in [-0.25, -0.2) is 17.5 Å². The van der Waals surface area contributed by atoms with Gasteiger partial charge in [0.1, 0.15) is 16.5 Å². The summed E-state index contributed by atoms with van der Waals surface area (Å²) < 4.78 is 47.4. The summed E-state index contributed by atoms with van der Waals surface area (Å²) in [4.78, 5) is 12.1. The van der Waals surface area contributed by atoms with E-state index in [0.29, 0.717) is 24.5 Å². The van der Waals surface area contributed by atoms with Gasteiger partial charge in [0.15, 0.2) is 0 Å². The number of hydrogen-bond donors (Lipinski definition) is 2. The minimum atomic E-state index is -4.14. The van der Waals surface area contributed by atoms with Gasteiger partial charge in [0.25, 0.3) is 5.91 Å². The molecule has 162 valence electrons. The van der Waals surface area contributed by atoms with Crippen molar-refractivity contribution >= 4 is 21.6 Å². The fourth-order valence-electron chi connectivity index (χ4n) is 2.95. The fourth-order valence-corrected chi connectivity index (χ4v) is 4.08. The van der Waals surface area contributed by atoms with Crippen molar-refractivity contribution in [3.63, 3.8) is 0 Å². The van der Waals surface area contributed by atoms with Crippen LogP contribution in [-0.4, -0.2) is 27.5 Å². The zero-order valence-corrected chi connectivity index (χ0v) is 17.8. The van der Waals surface area contributed by atoms with Crippen LogP contribution in [0, 0.1) is 5.82 Å². The summed E-state index contributed by atoms with van der Waals surface area (Å²) in [5.41, 5.74) is 1.40. The highest BCUT2D eigenvalue weighted by Gasteiger charge is 2.21. The highest BCUT2D eigenvalue weighted by molar-refractivity contribution is 7.89. The smallest absolute Gasteiger partial charge is 0.255 e. The van der Waals surface area contributed by atoms with Crippen LogP contribution in [-0.2, 0) is 16.4 Å². The number of ether oxygens (including phenoxy) is 1. The van der Waals surface area contributed by atoms with Crippen LogP contribution in [0.5, 0.6) is 5.75 Å². The predicted molar refractivity (Wildman–Crippen MR) is 117 cm³/mol. The van der Waals surface area contributed by atoms with Crippen LogP contribution in [0.1, 0.15) is 22.8 Å². The van der Waals surface area contributed by atoms with Crippen molar-refractivity contribution in [2.45, 2.75) is 18.2 Å². The molecule has 6 nitrogen and oxygen atoms in total. The molecule has 0 atom stereocenters. The second-order valence-electron chi connectivity index (χ2n) is 6.66. The molecule has 3 rings (SSSR count). The molecule has 3 aromatic rings. The lowest BCUT2D eigenvalue weighted by molar-refractivity contribution is 0.102. The van der Waals surface area contributed by atoms with Gasteiger partial charge in [0, 0.05) is 12.1 Å². The third kappa shape index (κ3) is 5.90. The van der Waals surface area contributed by atoms with Crippen LogP contribution in [0.3, 0.4) is 0 Å². The molecule has 31 heavy (non-hydrogen) atoms. The zero-order chi connectivity index (χ0) is 22.3. The van der Waals surface area contributed by atoms with Crippen molar-refractivity contribution in [2.24, 2.45) is 0 Å². The molecule has 0 saturated carbocycles. The number of benzene rings is 3. The van der Waals surface area contributed by atoms with Gasteiger partial charge in [-0.3, -0.25) is 4.79 Å². The van der Waals surface area contributed by atoms with Crippen molar-refractivity contribution in [2.75, 3.05) is 18.5 Å². The van der Waals surface area contributed by atoms with E-state index in [-0.39, 0.29) is 12.1 Å². The Labute approximate surface area is 181 Å². The molecule has 0 aliphatic rings. The highest BCUT2D eigenvalue weighted by Crippen LogP contribution is 2.25. The molecule has 2 N–H and O–H groups in total. The number of hydrogen-bond acceptors (Lipinski definition) is 4. The normalized spacial score (nSPS) is 11.2. The van der Waals surface area contributed by atoms with Gasteiger partial charge in [0.2, 0.25) is 10.0 Å². The van der Waals surface area contributed by atoms with E-state index in [0.717, 1.165) is 17.7 Å². The molecule has 0 saturated heterocycles. The lowest BCUT2D eigenvalue weighted by atomic mass is 10.2. The summed E-state index contributed by atoms with van der Waals surface area (Å²) in [5.74, 6) is -1.03. The Bertz CT molecular complexity index is 1150. The molecule has 3 aromatic carbocycles. The van der Waals surface area contributed by atoms with Crippen molar-refractivity contribution in [3.05, 3.63) is 89.7 Å². The number of carbonyl (C=O) groups is 1. The molecule has 0 radical (unpaired) electrons. The van der Waals surface area contributed by atoms with E-state index in [1.165, 1.54) is 6.07 Å². The Kier molecular flexibility index (Phi) is 7.38. The van der Waals surface area contributed by atoms with Crippen LogP contribution >= 0.6 is 0 Å². The van der Waals surface area contributed by atoms with Crippen LogP contribution in [0.4, 0.5) is 10.1 Å². The van der Waals surface area contributed by atoms with E-state index in [1.54, 1.807) is 24.3 Å². The molecule has 8 heteroatoms. The largest absolute Gasteiger partial charge is 0.492 e. The van der Waals surface area contributed by atoms with Crippen molar-refractivity contribution in [3.8, 4) is 5.75 Å². The number of carbonyl (C=O) groups excluding carboxylic acids is 1. The van der Waals surface area contributed by atoms with E-state index < -0.39 is 26.6 Å². The standard InChI is InChI=1S/C23H23FN2O4S/c1-2-30-21-11-7-6-10-20(21)26-23(27)18-12-13-19(24)22(16-18)31(28,29)25-15-14-17-8-4-3-5-9-17/h3-13,16,25H,2,14-15H2,1H3,(H,26,27). The first-order valence-electron chi connectivity index (χ1n) is 9.77. The van der Waals surface area contributed by atoms with E-state index in [9.17, 15) is 17.6 Å². The monoisotopic (exact) mass is 442 g/mol. The molecular formula is C23H23FN2O4S. The minimum Gasteiger partial charge on any atom is -0.492 e. The lowest BCUT2D eigenvalue weighted by Crippen LogP contribution is -2.27. The summed E-state index contributed by atoms with van der Waals surface area (Å²) in [6, 6.07) is 19.4. The third-order valence-corrected chi connectivity index (χ3v) is 5.94. The SMILES string of the molecule is CCOc1ccccc1NC(=O)c1ccc(F)c(S(=O)(=O)NCCc2ccccc2)c1. The van der Waals surface area contributed by atoms with Crippen molar-refractivity contribution in [1.29, 1.82) is 0 Å². The average molecular weight is 443 g/mol. The quantitative estimate of drug-likeness (QED) is 0.525. The number of para-hydroxylation sites is 2. The Morgan fingerprint density at radius 2 is 1.71 bits per heavy atom. The number of amides is 1. The number of rotatable bonds is 9. The molecule has 0 spiro atoms. The first-order valence-corrected chi connectivity index (χ1v) is 11.3. The molecule has 1 amide bonds. The number of nitrogens with one attached hydrogen (secondary N) is 2. The summed E-state index contributed by atoms with van der Waals surface area (Å²) in [6.07, 6.45) is 0.454. The highest BCUT2D eigenvalue weighted by atomic mass is 32.2. The van der Waals surface area contributed by atoms with Gasteiger partial charge in [0.05, 0.1) is 12.3 Å². The second kappa shape index (κ2) is 10.2. The first kappa shape index (κ1) is 22.5. The Hall–Kier alpha value is -3.23. The van der Waals surface area contributed by atoms with Gasteiger partial charge in [-0.05, 0) is 49.2 Å². The number of sulfonamides is 1. The zero-order valence-electron chi connectivity index (χ0n) is 17.0. The minimum absolute atomic E-state index is 0.0103. The Morgan fingerprint density at radius 1 is 1.00 bits per heavy atom. The van der Waals surface area contributed by atoms with Gasteiger partial charge in [-0.15, -0.1) is 0 Å². The average Bonchev–Trinajstić information content (AvgIpc) is 2.76. The maximum atomic E-state index is 14.3. The van der Waals surface area contributed by atoms with E-state index in [4.69, 9.17) is 4.74 Å². The third-order valence-electron chi connectivity index (χ3n) is 4.47. The topological polar surface area (TPSA) is 84.5 Å². The Balaban J connectivity index is 1.75. The van der Waals surface area contributed by atoms with E-state index in [2.05, 4.69) is 10.0 Å². The molecule has 0 bridgehead atoms. The fraction of sp³-hybridized carbons (Fsp3) is 0.174. The molecule has 0 aliphatic carbocycles. The van der Waals surface area contributed by atoms with Crippen LogP contribution < -0.4 is 14.8 Å². The molecule has 0 aromatic heterocycles. The number of anilines is 1. The van der Waals surface area contributed by atoms with Crippen LogP contribution in [0.25, 0.3) is 0 Å². The molecule has 0 unspecified atom stereocenters. The Morgan fingerprint density at radius 3 is 2.45 bits per heavy atom. The van der Waals surface area contributed by atoms with Gasteiger partial charge < -0.3 is 10.1 Å². The summed E-state index contributed by atoms with van der Waals surface area (Å²) >= 11 is 0.